The van der Waals surface area contributed by atoms with E-state index in [2.05, 4.69) is 29.0 Å². The molecule has 114 valence electrons. The predicted molar refractivity (Wildman–Crippen MR) is 87.0 cm³/mol. The van der Waals surface area contributed by atoms with Gasteiger partial charge in [-0.15, -0.1) is 0 Å². The molecule has 0 atom stereocenters. The molecule has 2 heterocycles. The Morgan fingerprint density at radius 1 is 1.24 bits per heavy atom. The third-order valence-corrected chi connectivity index (χ3v) is 4.32. The van der Waals surface area contributed by atoms with Crippen molar-refractivity contribution in [3.05, 3.63) is 23.4 Å². The number of H-pyrrole nitrogens is 1. The van der Waals surface area contributed by atoms with Gasteiger partial charge in [0.1, 0.15) is 12.4 Å². The molecule has 21 heavy (non-hydrogen) atoms. The molecule has 1 aromatic carbocycles. The molecule has 0 aliphatic carbocycles. The van der Waals surface area contributed by atoms with Crippen LogP contribution in [-0.4, -0.2) is 49.2 Å². The van der Waals surface area contributed by atoms with Crippen LogP contribution in [0.1, 0.15) is 11.3 Å². The standard InChI is InChI=1S/C16H24N4O/c1-11-12(2)19-16-14(4-3-13(17)15(11)16)21-10-9-20-7-5-18-6-8-20/h3-4,18-19H,5-10,17H2,1-2H3. The first-order valence-corrected chi connectivity index (χ1v) is 7.60. The zero-order valence-electron chi connectivity index (χ0n) is 12.8. The first-order chi connectivity index (χ1) is 10.2. The van der Waals surface area contributed by atoms with Gasteiger partial charge in [0.2, 0.25) is 0 Å². The van der Waals surface area contributed by atoms with Crippen LogP contribution in [0.3, 0.4) is 0 Å². The highest BCUT2D eigenvalue weighted by Gasteiger charge is 2.13. The summed E-state index contributed by atoms with van der Waals surface area (Å²) in [5.41, 5.74) is 10.3. The Bertz CT molecular complexity index is 629. The molecule has 0 bridgehead atoms. The van der Waals surface area contributed by atoms with Crippen molar-refractivity contribution in [2.75, 3.05) is 45.1 Å². The van der Waals surface area contributed by atoms with Crippen LogP contribution in [0.4, 0.5) is 5.69 Å². The maximum absolute atomic E-state index is 6.09. The Hall–Kier alpha value is -1.72. The van der Waals surface area contributed by atoms with E-state index in [-0.39, 0.29) is 0 Å². The molecule has 5 nitrogen and oxygen atoms in total. The van der Waals surface area contributed by atoms with E-state index in [1.54, 1.807) is 0 Å². The van der Waals surface area contributed by atoms with E-state index in [1.165, 1.54) is 5.56 Å². The molecule has 0 spiro atoms. The van der Waals surface area contributed by atoms with Crippen LogP contribution in [-0.2, 0) is 0 Å². The molecule has 5 heteroatoms. The number of aromatic amines is 1. The SMILES string of the molecule is Cc1[nH]c2c(OCCN3CCNCC3)ccc(N)c2c1C. The van der Waals surface area contributed by atoms with E-state index in [0.29, 0.717) is 6.61 Å². The molecule has 3 rings (SSSR count). The number of piperazine rings is 1. The van der Waals surface area contributed by atoms with E-state index in [1.807, 2.05) is 12.1 Å². The number of hydrogen-bond acceptors (Lipinski definition) is 4. The number of ether oxygens (including phenoxy) is 1. The minimum absolute atomic E-state index is 0.704. The Morgan fingerprint density at radius 3 is 2.76 bits per heavy atom. The van der Waals surface area contributed by atoms with Crippen molar-refractivity contribution in [3.8, 4) is 5.75 Å². The number of nitrogens with two attached hydrogens (primary N) is 1. The molecule has 1 aliphatic heterocycles. The molecule has 1 aliphatic rings. The third kappa shape index (κ3) is 2.84. The number of hydrogen-bond donors (Lipinski definition) is 3. The topological polar surface area (TPSA) is 66.3 Å². The highest BCUT2D eigenvalue weighted by atomic mass is 16.5. The molecule has 0 amide bonds. The lowest BCUT2D eigenvalue weighted by Crippen LogP contribution is -2.44. The summed E-state index contributed by atoms with van der Waals surface area (Å²) in [5.74, 6) is 0.894. The van der Waals surface area contributed by atoms with Gasteiger partial charge in [0, 0.05) is 49.5 Å². The minimum atomic E-state index is 0.704. The second-order valence-electron chi connectivity index (χ2n) is 5.72. The highest BCUT2D eigenvalue weighted by molar-refractivity contribution is 5.98. The van der Waals surface area contributed by atoms with E-state index in [9.17, 15) is 0 Å². The number of nitrogens with zero attached hydrogens (tertiary/aromatic N) is 1. The molecular formula is C16H24N4O. The molecule has 0 unspecified atom stereocenters. The zero-order valence-corrected chi connectivity index (χ0v) is 12.8. The summed E-state index contributed by atoms with van der Waals surface area (Å²) in [5, 5.41) is 4.45. The van der Waals surface area contributed by atoms with E-state index in [0.717, 1.165) is 60.8 Å². The molecule has 0 radical (unpaired) electrons. The van der Waals surface area contributed by atoms with E-state index >= 15 is 0 Å². The van der Waals surface area contributed by atoms with Crippen LogP contribution >= 0.6 is 0 Å². The number of nitrogens with one attached hydrogen (secondary N) is 2. The van der Waals surface area contributed by atoms with Gasteiger partial charge in [0.15, 0.2) is 0 Å². The lowest BCUT2D eigenvalue weighted by Gasteiger charge is -2.26. The fourth-order valence-electron chi connectivity index (χ4n) is 2.94. The Balaban J connectivity index is 1.72. The Morgan fingerprint density at radius 2 is 2.00 bits per heavy atom. The average molecular weight is 288 g/mol. The average Bonchev–Trinajstić information content (AvgIpc) is 2.79. The third-order valence-electron chi connectivity index (χ3n) is 4.32. The monoisotopic (exact) mass is 288 g/mol. The number of anilines is 1. The van der Waals surface area contributed by atoms with Crippen molar-refractivity contribution >= 4 is 16.6 Å². The van der Waals surface area contributed by atoms with E-state index < -0.39 is 0 Å². The number of rotatable bonds is 4. The van der Waals surface area contributed by atoms with Crippen molar-refractivity contribution in [3.63, 3.8) is 0 Å². The second kappa shape index (κ2) is 5.95. The summed E-state index contributed by atoms with van der Waals surface area (Å²) in [4.78, 5) is 5.82. The van der Waals surface area contributed by atoms with Gasteiger partial charge >= 0.3 is 0 Å². The van der Waals surface area contributed by atoms with Gasteiger partial charge in [-0.3, -0.25) is 4.90 Å². The van der Waals surface area contributed by atoms with Gasteiger partial charge in [0.25, 0.3) is 0 Å². The van der Waals surface area contributed by atoms with Gasteiger partial charge in [-0.05, 0) is 31.5 Å². The van der Waals surface area contributed by atoms with Crippen LogP contribution in [0.5, 0.6) is 5.75 Å². The van der Waals surface area contributed by atoms with Gasteiger partial charge in [0.05, 0.1) is 5.52 Å². The first-order valence-electron chi connectivity index (χ1n) is 7.60. The van der Waals surface area contributed by atoms with Gasteiger partial charge in [-0.25, -0.2) is 0 Å². The van der Waals surface area contributed by atoms with Crippen molar-refractivity contribution in [1.29, 1.82) is 0 Å². The molecule has 1 saturated heterocycles. The molecule has 2 aromatic rings. The molecule has 0 saturated carbocycles. The highest BCUT2D eigenvalue weighted by Crippen LogP contribution is 2.33. The Labute approximate surface area is 125 Å². The first kappa shape index (κ1) is 14.2. The lowest BCUT2D eigenvalue weighted by atomic mass is 10.1. The molecule has 1 aromatic heterocycles. The van der Waals surface area contributed by atoms with Crippen molar-refractivity contribution in [2.45, 2.75) is 13.8 Å². The summed E-state index contributed by atoms with van der Waals surface area (Å²) >= 11 is 0. The molecule has 4 N–H and O–H groups in total. The molecule has 1 fully saturated rings. The van der Waals surface area contributed by atoms with Crippen LogP contribution in [0.15, 0.2) is 12.1 Å². The van der Waals surface area contributed by atoms with Gasteiger partial charge in [-0.2, -0.15) is 0 Å². The van der Waals surface area contributed by atoms with Gasteiger partial charge in [-0.1, -0.05) is 0 Å². The van der Waals surface area contributed by atoms with Crippen LogP contribution < -0.4 is 15.8 Å². The fraction of sp³-hybridized carbons (Fsp3) is 0.500. The lowest BCUT2D eigenvalue weighted by molar-refractivity contribution is 0.192. The molecular weight excluding hydrogens is 264 g/mol. The summed E-state index contributed by atoms with van der Waals surface area (Å²) < 4.78 is 6.00. The maximum atomic E-state index is 6.09. The summed E-state index contributed by atoms with van der Waals surface area (Å²) in [6.07, 6.45) is 0. The van der Waals surface area contributed by atoms with Crippen molar-refractivity contribution in [1.82, 2.24) is 15.2 Å². The number of fused-ring (bicyclic) bond motifs is 1. The Kier molecular flexibility index (Phi) is 4.03. The van der Waals surface area contributed by atoms with E-state index in [4.69, 9.17) is 10.5 Å². The number of aromatic nitrogens is 1. The van der Waals surface area contributed by atoms with Gasteiger partial charge < -0.3 is 20.8 Å². The normalized spacial score (nSPS) is 16.5. The maximum Gasteiger partial charge on any atom is 0.143 e. The fourth-order valence-corrected chi connectivity index (χ4v) is 2.94. The van der Waals surface area contributed by atoms with Crippen molar-refractivity contribution < 1.29 is 4.74 Å². The van der Waals surface area contributed by atoms with Crippen LogP contribution in [0.2, 0.25) is 0 Å². The van der Waals surface area contributed by atoms with Crippen molar-refractivity contribution in [2.24, 2.45) is 0 Å². The number of benzene rings is 1. The number of aryl methyl sites for hydroxylation is 2. The smallest absolute Gasteiger partial charge is 0.143 e. The summed E-state index contributed by atoms with van der Waals surface area (Å²) in [7, 11) is 0. The predicted octanol–water partition coefficient (Wildman–Crippen LogP) is 1.65. The quantitative estimate of drug-likeness (QED) is 0.749. The second-order valence-corrected chi connectivity index (χ2v) is 5.72. The summed E-state index contributed by atoms with van der Waals surface area (Å²) in [6.45, 7) is 10.2. The van der Waals surface area contributed by atoms with Crippen LogP contribution in [0, 0.1) is 13.8 Å². The number of nitrogen functional groups attached to an aromatic ring is 1. The summed E-state index contributed by atoms with van der Waals surface area (Å²) in [6, 6.07) is 3.90. The zero-order chi connectivity index (χ0) is 14.8. The largest absolute Gasteiger partial charge is 0.490 e. The minimum Gasteiger partial charge on any atom is -0.490 e. The van der Waals surface area contributed by atoms with Crippen LogP contribution in [0.25, 0.3) is 10.9 Å².